The van der Waals surface area contributed by atoms with Crippen molar-refractivity contribution in [3.63, 3.8) is 0 Å². The van der Waals surface area contributed by atoms with E-state index in [1.807, 2.05) is 18.2 Å². The van der Waals surface area contributed by atoms with Crippen LogP contribution in [0.4, 0.5) is 0 Å². The highest BCUT2D eigenvalue weighted by Crippen LogP contribution is 2.20. The highest BCUT2D eigenvalue weighted by atomic mass is 16.5. The molecule has 2 aromatic heterocycles. The maximum atomic E-state index is 12.3. The standard InChI is InChI=1S/C18H24N4O2/c1-13(2)22-8-5-14(6-9-22)18(23)20-12-16-10-17(21-24-16)15-4-3-7-19-11-15/h3-4,7,10-11,13-14H,5-6,8-9,12H2,1-2H3,(H,20,23). The third kappa shape index (κ3) is 4.00. The smallest absolute Gasteiger partial charge is 0.223 e. The molecule has 1 aliphatic heterocycles. The van der Waals surface area contributed by atoms with E-state index in [9.17, 15) is 4.79 Å². The molecule has 2 aromatic rings. The van der Waals surface area contributed by atoms with Crippen LogP contribution in [-0.4, -0.2) is 40.1 Å². The maximum Gasteiger partial charge on any atom is 0.223 e. The van der Waals surface area contributed by atoms with Gasteiger partial charge in [0.15, 0.2) is 5.76 Å². The molecule has 0 unspecified atom stereocenters. The van der Waals surface area contributed by atoms with Crippen molar-refractivity contribution in [2.45, 2.75) is 39.3 Å². The lowest BCUT2D eigenvalue weighted by atomic mass is 9.95. The molecule has 0 bridgehead atoms. The zero-order valence-electron chi connectivity index (χ0n) is 14.2. The number of piperidine rings is 1. The molecule has 1 saturated heterocycles. The molecule has 0 saturated carbocycles. The van der Waals surface area contributed by atoms with Gasteiger partial charge in [-0.15, -0.1) is 0 Å². The van der Waals surface area contributed by atoms with E-state index in [1.54, 1.807) is 12.4 Å². The second-order valence-corrected chi connectivity index (χ2v) is 6.54. The van der Waals surface area contributed by atoms with Gasteiger partial charge in [-0.25, -0.2) is 0 Å². The van der Waals surface area contributed by atoms with Crippen molar-refractivity contribution in [2.24, 2.45) is 5.92 Å². The lowest BCUT2D eigenvalue weighted by molar-refractivity contribution is -0.126. The number of rotatable bonds is 5. The van der Waals surface area contributed by atoms with Gasteiger partial charge < -0.3 is 14.7 Å². The summed E-state index contributed by atoms with van der Waals surface area (Å²) < 4.78 is 5.30. The molecule has 0 aromatic carbocycles. The largest absolute Gasteiger partial charge is 0.359 e. The van der Waals surface area contributed by atoms with E-state index in [-0.39, 0.29) is 11.8 Å². The molecule has 24 heavy (non-hydrogen) atoms. The quantitative estimate of drug-likeness (QED) is 0.913. The van der Waals surface area contributed by atoms with E-state index in [4.69, 9.17) is 4.52 Å². The molecule has 1 amide bonds. The van der Waals surface area contributed by atoms with Crippen LogP contribution in [0.5, 0.6) is 0 Å². The van der Waals surface area contributed by atoms with Gasteiger partial charge >= 0.3 is 0 Å². The minimum absolute atomic E-state index is 0.0979. The molecular weight excluding hydrogens is 304 g/mol. The van der Waals surface area contributed by atoms with Crippen LogP contribution in [-0.2, 0) is 11.3 Å². The van der Waals surface area contributed by atoms with Gasteiger partial charge in [-0.1, -0.05) is 5.16 Å². The van der Waals surface area contributed by atoms with Crippen molar-refractivity contribution in [3.8, 4) is 11.3 Å². The van der Waals surface area contributed by atoms with Gasteiger partial charge in [0.1, 0.15) is 5.69 Å². The summed E-state index contributed by atoms with van der Waals surface area (Å²) in [6.45, 7) is 6.75. The Hall–Kier alpha value is -2.21. The number of hydrogen-bond acceptors (Lipinski definition) is 5. The lowest BCUT2D eigenvalue weighted by Crippen LogP contribution is -2.42. The third-order valence-corrected chi connectivity index (χ3v) is 4.58. The fraction of sp³-hybridized carbons (Fsp3) is 0.500. The van der Waals surface area contributed by atoms with Crippen LogP contribution in [0.15, 0.2) is 35.1 Å². The molecular formula is C18H24N4O2. The number of amides is 1. The number of hydrogen-bond donors (Lipinski definition) is 1. The number of nitrogens with zero attached hydrogens (tertiary/aromatic N) is 3. The normalized spacial score (nSPS) is 16.5. The fourth-order valence-electron chi connectivity index (χ4n) is 3.04. The van der Waals surface area contributed by atoms with E-state index >= 15 is 0 Å². The number of carbonyl (C=O) groups is 1. The number of carbonyl (C=O) groups excluding carboxylic acids is 1. The molecule has 0 spiro atoms. The van der Waals surface area contributed by atoms with E-state index in [0.29, 0.717) is 18.3 Å². The van der Waals surface area contributed by atoms with Crippen molar-refractivity contribution in [3.05, 3.63) is 36.4 Å². The minimum Gasteiger partial charge on any atom is -0.359 e. The summed E-state index contributed by atoms with van der Waals surface area (Å²) in [7, 11) is 0. The second kappa shape index (κ2) is 7.57. The first-order valence-corrected chi connectivity index (χ1v) is 8.51. The third-order valence-electron chi connectivity index (χ3n) is 4.58. The Bertz CT molecular complexity index is 661. The summed E-state index contributed by atoms with van der Waals surface area (Å²) in [4.78, 5) is 18.8. The van der Waals surface area contributed by atoms with Crippen LogP contribution in [0.25, 0.3) is 11.3 Å². The van der Waals surface area contributed by atoms with Gasteiger partial charge in [0, 0.05) is 36.0 Å². The summed E-state index contributed by atoms with van der Waals surface area (Å²) >= 11 is 0. The van der Waals surface area contributed by atoms with Crippen molar-refractivity contribution in [1.82, 2.24) is 20.4 Å². The van der Waals surface area contributed by atoms with Crippen molar-refractivity contribution < 1.29 is 9.32 Å². The predicted molar refractivity (Wildman–Crippen MR) is 91.0 cm³/mol. The first-order valence-electron chi connectivity index (χ1n) is 8.51. The Balaban J connectivity index is 1.50. The van der Waals surface area contributed by atoms with Crippen LogP contribution < -0.4 is 5.32 Å². The zero-order valence-corrected chi connectivity index (χ0v) is 14.2. The summed E-state index contributed by atoms with van der Waals surface area (Å²) in [5, 5.41) is 7.00. The first-order chi connectivity index (χ1) is 11.6. The molecule has 0 atom stereocenters. The van der Waals surface area contributed by atoms with Crippen LogP contribution >= 0.6 is 0 Å². The average molecular weight is 328 g/mol. The number of likely N-dealkylation sites (tertiary alicyclic amines) is 1. The molecule has 6 nitrogen and oxygen atoms in total. The Labute approximate surface area is 142 Å². The fourth-order valence-corrected chi connectivity index (χ4v) is 3.04. The Morgan fingerprint density at radius 1 is 1.42 bits per heavy atom. The molecule has 3 rings (SSSR count). The molecule has 128 valence electrons. The van der Waals surface area contributed by atoms with Gasteiger partial charge in [0.2, 0.25) is 5.91 Å². The predicted octanol–water partition coefficient (Wildman–Crippen LogP) is 2.47. The lowest BCUT2D eigenvalue weighted by Gasteiger charge is -2.33. The Morgan fingerprint density at radius 2 is 2.21 bits per heavy atom. The topological polar surface area (TPSA) is 71.3 Å². The van der Waals surface area contributed by atoms with Crippen LogP contribution in [0.2, 0.25) is 0 Å². The van der Waals surface area contributed by atoms with E-state index in [1.165, 1.54) is 0 Å². The monoisotopic (exact) mass is 328 g/mol. The first kappa shape index (κ1) is 16.6. The average Bonchev–Trinajstić information content (AvgIpc) is 3.09. The van der Waals surface area contributed by atoms with Crippen LogP contribution in [0.3, 0.4) is 0 Å². The SMILES string of the molecule is CC(C)N1CCC(C(=O)NCc2cc(-c3cccnc3)no2)CC1. The minimum atomic E-state index is 0.0979. The van der Waals surface area contributed by atoms with Crippen molar-refractivity contribution in [2.75, 3.05) is 13.1 Å². The van der Waals surface area contributed by atoms with Crippen LogP contribution in [0.1, 0.15) is 32.4 Å². The van der Waals surface area contributed by atoms with E-state index in [0.717, 1.165) is 37.2 Å². The molecule has 0 aliphatic carbocycles. The second-order valence-electron chi connectivity index (χ2n) is 6.54. The molecule has 6 heteroatoms. The number of pyridine rings is 1. The molecule has 1 N–H and O–H groups in total. The van der Waals surface area contributed by atoms with Crippen LogP contribution in [0, 0.1) is 5.92 Å². The molecule has 1 fully saturated rings. The van der Waals surface area contributed by atoms with E-state index in [2.05, 4.69) is 34.2 Å². The molecule has 1 aliphatic rings. The van der Waals surface area contributed by atoms with Gasteiger partial charge in [0.25, 0.3) is 0 Å². The summed E-state index contributed by atoms with van der Waals surface area (Å²) in [6, 6.07) is 6.18. The Morgan fingerprint density at radius 3 is 2.88 bits per heavy atom. The highest BCUT2D eigenvalue weighted by Gasteiger charge is 2.25. The van der Waals surface area contributed by atoms with Crippen molar-refractivity contribution in [1.29, 1.82) is 0 Å². The summed E-state index contributed by atoms with van der Waals surface area (Å²) in [6.07, 6.45) is 5.29. The molecule has 3 heterocycles. The van der Waals surface area contributed by atoms with Gasteiger partial charge in [-0.05, 0) is 51.9 Å². The number of aromatic nitrogens is 2. The van der Waals surface area contributed by atoms with Gasteiger partial charge in [0.05, 0.1) is 6.54 Å². The van der Waals surface area contributed by atoms with Gasteiger partial charge in [-0.2, -0.15) is 0 Å². The van der Waals surface area contributed by atoms with E-state index < -0.39 is 0 Å². The highest BCUT2D eigenvalue weighted by molar-refractivity contribution is 5.78. The number of nitrogens with one attached hydrogen (secondary N) is 1. The van der Waals surface area contributed by atoms with Gasteiger partial charge in [-0.3, -0.25) is 9.78 Å². The Kier molecular flexibility index (Phi) is 5.25. The zero-order chi connectivity index (χ0) is 16.9. The van der Waals surface area contributed by atoms with Crippen molar-refractivity contribution >= 4 is 5.91 Å². The molecule has 0 radical (unpaired) electrons. The maximum absolute atomic E-state index is 12.3. The summed E-state index contributed by atoms with van der Waals surface area (Å²) in [5.41, 5.74) is 1.64. The summed E-state index contributed by atoms with van der Waals surface area (Å²) in [5.74, 6) is 0.861.